The van der Waals surface area contributed by atoms with Gasteiger partial charge in [-0.3, -0.25) is 14.9 Å². The molecule has 2 amide bonds. The lowest BCUT2D eigenvalue weighted by molar-refractivity contribution is -0.134. The molecular weight excluding hydrogens is 200 g/mol. The van der Waals surface area contributed by atoms with E-state index in [9.17, 15) is 9.59 Å². The molecule has 1 heterocycles. The van der Waals surface area contributed by atoms with Crippen molar-refractivity contribution in [3.05, 3.63) is 0 Å². The molecule has 1 atom stereocenters. The molecule has 0 saturated carbocycles. The maximum Gasteiger partial charge on any atom is 0.243 e. The maximum atomic E-state index is 11.3. The molecule has 0 radical (unpaired) electrons. The second kappa shape index (κ2) is 6.03. The summed E-state index contributed by atoms with van der Waals surface area (Å²) in [5.41, 5.74) is 0. The van der Waals surface area contributed by atoms with Gasteiger partial charge in [0.05, 0.1) is 6.04 Å². The highest BCUT2D eigenvalue weighted by atomic mass is 32.2. The van der Waals surface area contributed by atoms with Crippen molar-refractivity contribution in [2.45, 2.75) is 25.8 Å². The lowest BCUT2D eigenvalue weighted by atomic mass is 10.1. The molecule has 1 rings (SSSR count). The third kappa shape index (κ3) is 3.67. The van der Waals surface area contributed by atoms with Crippen LogP contribution in [-0.4, -0.2) is 35.9 Å². The highest BCUT2D eigenvalue weighted by Gasteiger charge is 2.25. The van der Waals surface area contributed by atoms with Crippen LogP contribution in [0.15, 0.2) is 0 Å². The fraction of sp³-hybridized carbons (Fsp3) is 0.778. The van der Waals surface area contributed by atoms with Crippen LogP contribution in [0.2, 0.25) is 0 Å². The van der Waals surface area contributed by atoms with Crippen molar-refractivity contribution < 1.29 is 9.59 Å². The van der Waals surface area contributed by atoms with Crippen LogP contribution >= 0.6 is 11.8 Å². The summed E-state index contributed by atoms with van der Waals surface area (Å²) in [5.74, 6) is 1.77. The lowest BCUT2D eigenvalue weighted by Crippen LogP contribution is -2.51. The van der Waals surface area contributed by atoms with E-state index in [-0.39, 0.29) is 17.9 Å². The van der Waals surface area contributed by atoms with Crippen molar-refractivity contribution in [3.63, 3.8) is 0 Å². The molecule has 80 valence electrons. The lowest BCUT2D eigenvalue weighted by Gasteiger charge is -2.21. The van der Waals surface area contributed by atoms with Gasteiger partial charge < -0.3 is 5.32 Å². The Balaban J connectivity index is 2.17. The fourth-order valence-corrected chi connectivity index (χ4v) is 1.89. The third-order valence-electron chi connectivity index (χ3n) is 2.08. The normalized spacial score (nSPS) is 22.2. The van der Waals surface area contributed by atoms with E-state index in [4.69, 9.17) is 0 Å². The van der Waals surface area contributed by atoms with Gasteiger partial charge in [-0.2, -0.15) is 11.8 Å². The van der Waals surface area contributed by atoms with Crippen molar-refractivity contribution in [1.82, 2.24) is 10.6 Å². The van der Waals surface area contributed by atoms with E-state index in [2.05, 4.69) is 17.6 Å². The van der Waals surface area contributed by atoms with Gasteiger partial charge in [0.1, 0.15) is 0 Å². The number of hydrogen-bond donors (Lipinski definition) is 2. The van der Waals surface area contributed by atoms with Crippen LogP contribution in [0, 0.1) is 0 Å². The van der Waals surface area contributed by atoms with Gasteiger partial charge >= 0.3 is 0 Å². The molecule has 0 aromatic carbocycles. The second-order valence-corrected chi connectivity index (χ2v) is 4.55. The summed E-state index contributed by atoms with van der Waals surface area (Å²) < 4.78 is 0. The monoisotopic (exact) mass is 216 g/mol. The van der Waals surface area contributed by atoms with Gasteiger partial charge in [-0.1, -0.05) is 6.92 Å². The topological polar surface area (TPSA) is 58.2 Å². The predicted octanol–water partition coefficient (Wildman–Crippen LogP) is 0.134. The summed E-state index contributed by atoms with van der Waals surface area (Å²) in [7, 11) is 0. The Morgan fingerprint density at radius 2 is 2.36 bits per heavy atom. The number of carbonyl (C=O) groups is 2. The van der Waals surface area contributed by atoms with Crippen molar-refractivity contribution in [2.75, 3.05) is 18.1 Å². The summed E-state index contributed by atoms with van der Waals surface area (Å²) in [6.45, 7) is 2.93. The van der Waals surface area contributed by atoms with Gasteiger partial charge in [0.25, 0.3) is 0 Å². The summed E-state index contributed by atoms with van der Waals surface area (Å²) in [6.07, 6.45) is 1.08. The fourth-order valence-electron chi connectivity index (χ4n) is 1.34. The number of hydrogen-bond acceptors (Lipinski definition) is 4. The zero-order valence-electron chi connectivity index (χ0n) is 8.34. The summed E-state index contributed by atoms with van der Waals surface area (Å²) in [4.78, 5) is 22.1. The van der Waals surface area contributed by atoms with Gasteiger partial charge in [0, 0.05) is 18.7 Å². The minimum absolute atomic E-state index is 0.156. The highest BCUT2D eigenvalue weighted by molar-refractivity contribution is 7.99. The zero-order chi connectivity index (χ0) is 10.4. The molecule has 0 aromatic rings. The van der Waals surface area contributed by atoms with Crippen LogP contribution in [0.5, 0.6) is 0 Å². The average Bonchev–Trinajstić information content (AvgIpc) is 2.15. The average molecular weight is 216 g/mol. The molecule has 1 fully saturated rings. The molecule has 1 unspecified atom stereocenters. The van der Waals surface area contributed by atoms with Gasteiger partial charge in [-0.05, 0) is 12.2 Å². The minimum Gasteiger partial charge on any atom is -0.305 e. The Morgan fingerprint density at radius 1 is 1.57 bits per heavy atom. The van der Waals surface area contributed by atoms with Crippen LogP contribution in [0.3, 0.4) is 0 Å². The van der Waals surface area contributed by atoms with Crippen molar-refractivity contribution in [3.8, 4) is 0 Å². The largest absolute Gasteiger partial charge is 0.305 e. The van der Waals surface area contributed by atoms with Gasteiger partial charge in [0.2, 0.25) is 11.8 Å². The van der Waals surface area contributed by atoms with E-state index in [1.807, 2.05) is 11.8 Å². The number of piperidine rings is 1. The Labute approximate surface area is 88.2 Å². The summed E-state index contributed by atoms with van der Waals surface area (Å²) in [5, 5.41) is 5.46. The highest BCUT2D eigenvalue weighted by Crippen LogP contribution is 2.04. The van der Waals surface area contributed by atoms with E-state index in [1.165, 1.54) is 0 Å². The molecule has 1 aliphatic rings. The van der Waals surface area contributed by atoms with Crippen molar-refractivity contribution >= 4 is 23.6 Å². The smallest absolute Gasteiger partial charge is 0.243 e. The predicted molar refractivity (Wildman–Crippen MR) is 57.2 cm³/mol. The van der Waals surface area contributed by atoms with Crippen LogP contribution in [0.25, 0.3) is 0 Å². The molecular formula is C9H16N2O2S. The molecule has 14 heavy (non-hydrogen) atoms. The Morgan fingerprint density at radius 3 is 3.00 bits per heavy atom. The first-order chi connectivity index (χ1) is 6.74. The molecule has 4 nitrogen and oxygen atoms in total. The summed E-state index contributed by atoms with van der Waals surface area (Å²) >= 11 is 1.84. The number of nitrogens with one attached hydrogen (secondary N) is 2. The maximum absolute atomic E-state index is 11.3. The first-order valence-electron chi connectivity index (χ1n) is 4.89. The van der Waals surface area contributed by atoms with Gasteiger partial charge in [0.15, 0.2) is 0 Å². The van der Waals surface area contributed by atoms with E-state index in [0.29, 0.717) is 12.8 Å². The van der Waals surface area contributed by atoms with Gasteiger partial charge in [-0.25, -0.2) is 0 Å². The Bertz CT molecular complexity index is 221. The number of carbonyl (C=O) groups excluding carboxylic acids is 2. The molecule has 5 heteroatoms. The molecule has 0 spiro atoms. The summed E-state index contributed by atoms with van der Waals surface area (Å²) in [6, 6.07) is -0.176. The van der Waals surface area contributed by atoms with E-state index in [1.54, 1.807) is 0 Å². The van der Waals surface area contributed by atoms with Crippen molar-refractivity contribution in [1.29, 1.82) is 0 Å². The van der Waals surface area contributed by atoms with Crippen LogP contribution < -0.4 is 10.6 Å². The number of imide groups is 1. The minimum atomic E-state index is -0.178. The Hall–Kier alpha value is -0.550. The Kier molecular flexibility index (Phi) is 4.97. The standard InChI is InChI=1S/C9H16N2O2S/c1-2-14-6-5-10-7-3-4-8(12)11-9(7)13/h7,10H,2-6H2,1H3,(H,11,12,13). The zero-order valence-corrected chi connectivity index (χ0v) is 9.15. The first-order valence-corrected chi connectivity index (χ1v) is 6.04. The number of amides is 2. The molecule has 1 saturated heterocycles. The third-order valence-corrected chi connectivity index (χ3v) is 2.98. The number of thioether (sulfide) groups is 1. The van der Waals surface area contributed by atoms with Crippen LogP contribution in [-0.2, 0) is 9.59 Å². The first kappa shape index (κ1) is 11.5. The van der Waals surface area contributed by atoms with Gasteiger partial charge in [-0.15, -0.1) is 0 Å². The molecule has 0 bridgehead atoms. The molecule has 0 aromatic heterocycles. The molecule has 2 N–H and O–H groups in total. The quantitative estimate of drug-likeness (QED) is 0.507. The molecule has 0 aliphatic carbocycles. The van der Waals surface area contributed by atoms with E-state index < -0.39 is 0 Å². The van der Waals surface area contributed by atoms with E-state index in [0.717, 1.165) is 18.1 Å². The van der Waals surface area contributed by atoms with Crippen LogP contribution in [0.1, 0.15) is 19.8 Å². The number of rotatable bonds is 5. The van der Waals surface area contributed by atoms with Crippen LogP contribution in [0.4, 0.5) is 0 Å². The van der Waals surface area contributed by atoms with Crippen molar-refractivity contribution in [2.24, 2.45) is 0 Å². The molecule has 1 aliphatic heterocycles. The second-order valence-electron chi connectivity index (χ2n) is 3.15. The van der Waals surface area contributed by atoms with E-state index >= 15 is 0 Å². The SMILES string of the molecule is CCSCCNC1CCC(=O)NC1=O.